The Morgan fingerprint density at radius 2 is 1.57 bits per heavy atom. The zero-order chi connectivity index (χ0) is 11.1. The highest BCUT2D eigenvalue weighted by Gasteiger charge is 2.18. The number of hydrogen-bond donors (Lipinski definition) is 3. The van der Waals surface area contributed by atoms with Gasteiger partial charge in [0, 0.05) is 6.54 Å². The minimum absolute atomic E-state index is 0.314. The molecule has 0 aliphatic rings. The molecular weight excluding hydrogens is 192 g/mol. The number of aliphatic carboxylic acids is 2. The van der Waals surface area contributed by atoms with Gasteiger partial charge in [0.25, 0.3) is 0 Å². The summed E-state index contributed by atoms with van der Waals surface area (Å²) in [6.07, 6.45) is 0. The fourth-order valence-electron chi connectivity index (χ4n) is 0.789. The van der Waals surface area contributed by atoms with E-state index in [4.69, 9.17) is 10.2 Å². The Bertz CT molecular complexity index is 224. The van der Waals surface area contributed by atoms with E-state index < -0.39 is 31.1 Å². The summed E-state index contributed by atoms with van der Waals surface area (Å²) in [6, 6.07) is -0.697. The third-order valence-electron chi connectivity index (χ3n) is 1.27. The van der Waals surface area contributed by atoms with Crippen LogP contribution in [0.15, 0.2) is 0 Å². The van der Waals surface area contributed by atoms with Gasteiger partial charge in [0.2, 0.25) is 0 Å². The molecule has 0 bridgehead atoms. The summed E-state index contributed by atoms with van der Waals surface area (Å²) in [6.45, 7) is 0.711. The number of urea groups is 1. The summed E-state index contributed by atoms with van der Waals surface area (Å²) in [4.78, 5) is 32.4. The highest BCUT2D eigenvalue weighted by molar-refractivity contribution is 5.83. The van der Waals surface area contributed by atoms with E-state index in [2.05, 4.69) is 5.32 Å². The van der Waals surface area contributed by atoms with Gasteiger partial charge in [-0.25, -0.2) is 4.79 Å². The summed E-state index contributed by atoms with van der Waals surface area (Å²) in [5, 5.41) is 19.1. The van der Waals surface area contributed by atoms with Crippen LogP contribution in [0.5, 0.6) is 0 Å². The SMILES string of the molecule is CCNC(=O)N(CC(=O)O)CC(=O)O. The van der Waals surface area contributed by atoms with Crippen LogP contribution in [0.3, 0.4) is 0 Å². The first-order valence-electron chi connectivity index (χ1n) is 3.93. The second kappa shape index (κ2) is 5.79. The molecule has 0 aromatic carbocycles. The maximum absolute atomic E-state index is 11.1. The molecule has 0 spiro atoms. The normalized spacial score (nSPS) is 9.21. The van der Waals surface area contributed by atoms with Crippen LogP contribution in [0.1, 0.15) is 6.92 Å². The van der Waals surface area contributed by atoms with Crippen molar-refractivity contribution >= 4 is 18.0 Å². The van der Waals surface area contributed by atoms with Crippen molar-refractivity contribution in [1.29, 1.82) is 0 Å². The van der Waals surface area contributed by atoms with Crippen molar-refractivity contribution in [2.75, 3.05) is 19.6 Å². The second-order valence-corrected chi connectivity index (χ2v) is 2.48. The van der Waals surface area contributed by atoms with Gasteiger partial charge in [-0.2, -0.15) is 0 Å². The van der Waals surface area contributed by atoms with Crippen LogP contribution in [0.2, 0.25) is 0 Å². The van der Waals surface area contributed by atoms with Gasteiger partial charge in [0.15, 0.2) is 0 Å². The van der Waals surface area contributed by atoms with E-state index in [9.17, 15) is 14.4 Å². The van der Waals surface area contributed by atoms with E-state index in [0.29, 0.717) is 11.4 Å². The summed E-state index contributed by atoms with van der Waals surface area (Å²) in [5.41, 5.74) is 0. The van der Waals surface area contributed by atoms with Gasteiger partial charge in [-0.05, 0) is 6.92 Å². The number of carboxylic acids is 2. The Morgan fingerprint density at radius 3 is 1.86 bits per heavy atom. The maximum Gasteiger partial charge on any atom is 0.323 e. The number of amides is 2. The fraction of sp³-hybridized carbons (Fsp3) is 0.571. The van der Waals surface area contributed by atoms with E-state index in [1.807, 2.05) is 0 Å². The van der Waals surface area contributed by atoms with Crippen molar-refractivity contribution in [3.8, 4) is 0 Å². The lowest BCUT2D eigenvalue weighted by Crippen LogP contribution is -2.45. The standard InChI is InChI=1S/C7H12N2O5/c1-2-8-7(14)9(3-5(10)11)4-6(12)13/h2-4H2,1H3,(H,8,14)(H,10,11)(H,12,13). The van der Waals surface area contributed by atoms with Gasteiger partial charge in [0.1, 0.15) is 13.1 Å². The van der Waals surface area contributed by atoms with E-state index >= 15 is 0 Å². The highest BCUT2D eigenvalue weighted by Crippen LogP contribution is 1.89. The van der Waals surface area contributed by atoms with Gasteiger partial charge in [-0.1, -0.05) is 0 Å². The summed E-state index contributed by atoms with van der Waals surface area (Å²) < 4.78 is 0. The molecule has 0 aromatic rings. The van der Waals surface area contributed by atoms with E-state index in [0.717, 1.165) is 0 Å². The lowest BCUT2D eigenvalue weighted by molar-refractivity contribution is -0.140. The molecule has 0 fully saturated rings. The monoisotopic (exact) mass is 204 g/mol. The van der Waals surface area contributed by atoms with Gasteiger partial charge in [-0.3, -0.25) is 9.59 Å². The molecule has 0 radical (unpaired) electrons. The van der Waals surface area contributed by atoms with Crippen molar-refractivity contribution in [1.82, 2.24) is 10.2 Å². The largest absolute Gasteiger partial charge is 0.480 e. The summed E-state index contributed by atoms with van der Waals surface area (Å²) in [7, 11) is 0. The number of carbonyl (C=O) groups excluding carboxylic acids is 1. The average molecular weight is 204 g/mol. The molecule has 3 N–H and O–H groups in total. The lowest BCUT2D eigenvalue weighted by Gasteiger charge is -2.18. The predicted molar refractivity (Wildman–Crippen MR) is 45.9 cm³/mol. The minimum atomic E-state index is -1.25. The van der Waals surface area contributed by atoms with Gasteiger partial charge >= 0.3 is 18.0 Å². The molecule has 0 heterocycles. The van der Waals surface area contributed by atoms with Crippen molar-refractivity contribution in [2.45, 2.75) is 6.92 Å². The second-order valence-electron chi connectivity index (χ2n) is 2.48. The molecule has 0 rings (SSSR count). The molecule has 80 valence electrons. The number of carboxylic acid groups (broad SMARTS) is 2. The van der Waals surface area contributed by atoms with E-state index in [1.165, 1.54) is 0 Å². The van der Waals surface area contributed by atoms with E-state index in [-0.39, 0.29) is 0 Å². The van der Waals surface area contributed by atoms with Crippen molar-refractivity contribution < 1.29 is 24.6 Å². The minimum Gasteiger partial charge on any atom is -0.480 e. The van der Waals surface area contributed by atoms with Gasteiger partial charge < -0.3 is 20.4 Å². The van der Waals surface area contributed by atoms with Crippen LogP contribution in [0.25, 0.3) is 0 Å². The fourth-order valence-corrected chi connectivity index (χ4v) is 0.789. The molecule has 0 aliphatic carbocycles. The van der Waals surface area contributed by atoms with E-state index in [1.54, 1.807) is 6.92 Å². The zero-order valence-electron chi connectivity index (χ0n) is 7.69. The van der Waals surface area contributed by atoms with Crippen molar-refractivity contribution in [3.05, 3.63) is 0 Å². The predicted octanol–water partition coefficient (Wildman–Crippen LogP) is -0.813. The van der Waals surface area contributed by atoms with Crippen LogP contribution in [0.4, 0.5) is 4.79 Å². The van der Waals surface area contributed by atoms with Crippen molar-refractivity contribution in [3.63, 3.8) is 0 Å². The van der Waals surface area contributed by atoms with Crippen molar-refractivity contribution in [2.24, 2.45) is 0 Å². The van der Waals surface area contributed by atoms with Crippen LogP contribution >= 0.6 is 0 Å². The quantitative estimate of drug-likeness (QED) is 0.542. The molecule has 14 heavy (non-hydrogen) atoms. The first kappa shape index (κ1) is 12.2. The van der Waals surface area contributed by atoms with Gasteiger partial charge in [0.05, 0.1) is 0 Å². The number of nitrogens with one attached hydrogen (secondary N) is 1. The Kier molecular flexibility index (Phi) is 5.05. The number of rotatable bonds is 5. The summed E-state index contributed by atoms with van der Waals surface area (Å²) in [5.74, 6) is -2.50. The highest BCUT2D eigenvalue weighted by atomic mass is 16.4. The molecule has 0 saturated carbocycles. The smallest absolute Gasteiger partial charge is 0.323 e. The topological polar surface area (TPSA) is 107 Å². The molecule has 7 nitrogen and oxygen atoms in total. The summed E-state index contributed by atoms with van der Waals surface area (Å²) >= 11 is 0. The van der Waals surface area contributed by atoms with Crippen LogP contribution in [-0.4, -0.2) is 52.7 Å². The first-order valence-corrected chi connectivity index (χ1v) is 3.93. The molecule has 0 aromatic heterocycles. The van der Waals surface area contributed by atoms with Gasteiger partial charge in [-0.15, -0.1) is 0 Å². The third kappa shape index (κ3) is 4.96. The number of carbonyl (C=O) groups is 3. The Labute approximate surface area is 80.3 Å². The number of nitrogens with zero attached hydrogens (tertiary/aromatic N) is 1. The Hall–Kier alpha value is -1.79. The molecular formula is C7H12N2O5. The molecule has 0 saturated heterocycles. The third-order valence-corrected chi connectivity index (χ3v) is 1.27. The molecule has 7 heteroatoms. The maximum atomic E-state index is 11.1. The molecule has 0 unspecified atom stereocenters. The molecule has 0 atom stereocenters. The van der Waals surface area contributed by atoms with Crippen LogP contribution in [0, 0.1) is 0 Å². The zero-order valence-corrected chi connectivity index (χ0v) is 7.69. The Morgan fingerprint density at radius 1 is 1.14 bits per heavy atom. The lowest BCUT2D eigenvalue weighted by atomic mass is 10.5. The molecule has 0 aliphatic heterocycles. The Balaban J connectivity index is 4.29. The first-order chi connectivity index (χ1) is 6.47. The molecule has 2 amide bonds. The van der Waals surface area contributed by atoms with Crippen LogP contribution in [-0.2, 0) is 9.59 Å². The number of hydrogen-bond acceptors (Lipinski definition) is 3. The van der Waals surface area contributed by atoms with Crippen LogP contribution < -0.4 is 5.32 Å². The average Bonchev–Trinajstić information content (AvgIpc) is 2.01.